The van der Waals surface area contributed by atoms with Crippen molar-refractivity contribution >= 4 is 15.7 Å². The largest absolute Gasteiger partial charge is 0.468 e. The Hall–Kier alpha value is -2.91. The minimum atomic E-state index is -3.86. The Labute approximate surface area is 201 Å². The van der Waals surface area contributed by atoms with Gasteiger partial charge in [-0.1, -0.05) is 60.7 Å². The van der Waals surface area contributed by atoms with Crippen LogP contribution in [0.4, 0.5) is 5.69 Å². The quantitative estimate of drug-likeness (QED) is 0.331. The highest BCUT2D eigenvalue weighted by Crippen LogP contribution is 2.36. The number of aliphatic hydroxyl groups excluding tert-OH is 1. The van der Waals surface area contributed by atoms with Crippen LogP contribution in [0.2, 0.25) is 0 Å². The summed E-state index contributed by atoms with van der Waals surface area (Å²) >= 11 is 0. The van der Waals surface area contributed by atoms with E-state index in [1.54, 1.807) is 30.3 Å². The number of ether oxygens (including phenoxy) is 1. The van der Waals surface area contributed by atoms with Crippen LogP contribution in [0.25, 0.3) is 0 Å². The minimum absolute atomic E-state index is 0.0358. The Bertz CT molecular complexity index is 1190. The van der Waals surface area contributed by atoms with Crippen LogP contribution in [0.5, 0.6) is 5.75 Å². The molecule has 2 atom stereocenters. The smallest absolute Gasteiger partial charge is 0.254 e. The lowest BCUT2D eigenvalue weighted by Crippen LogP contribution is -2.58. The van der Waals surface area contributed by atoms with Crippen molar-refractivity contribution in [1.29, 1.82) is 0 Å². The summed E-state index contributed by atoms with van der Waals surface area (Å²) in [6.45, 7) is 0.484. The van der Waals surface area contributed by atoms with Crippen molar-refractivity contribution in [2.24, 2.45) is 0 Å². The van der Waals surface area contributed by atoms with Crippen molar-refractivity contribution in [3.63, 3.8) is 0 Å². The van der Waals surface area contributed by atoms with Gasteiger partial charge in [-0.2, -0.15) is 0 Å². The highest BCUT2D eigenvalue weighted by molar-refractivity contribution is 7.90. The number of anilines is 1. The van der Waals surface area contributed by atoms with Crippen LogP contribution in [-0.2, 0) is 22.9 Å². The number of nitrogens with two attached hydrogens (primary N) is 1. The molecule has 0 amide bonds. The molecule has 0 fully saturated rings. The van der Waals surface area contributed by atoms with Gasteiger partial charge in [0, 0.05) is 25.2 Å². The molecule has 5 N–H and O–H groups in total. The standard InChI is InChI=1S/C26H31N3O4S/c27-23-12-10-21(11-13-23)24(30)18-28-19-26(16-14-22-8-4-5-9-25(22)33-26)34(31,32)29-17-15-20-6-2-1-3-7-20/h1-13,24,28-30H,14-19,27H2. The minimum Gasteiger partial charge on any atom is -0.468 e. The molecular formula is C26H31N3O4S. The average molecular weight is 482 g/mol. The van der Waals surface area contributed by atoms with Crippen LogP contribution >= 0.6 is 0 Å². The molecule has 1 aliphatic heterocycles. The van der Waals surface area contributed by atoms with Gasteiger partial charge < -0.3 is 20.9 Å². The molecule has 0 saturated carbocycles. The van der Waals surface area contributed by atoms with Gasteiger partial charge in [-0.25, -0.2) is 13.1 Å². The molecule has 7 nitrogen and oxygen atoms in total. The third-order valence-electron chi connectivity index (χ3n) is 6.14. The molecule has 3 aromatic rings. The van der Waals surface area contributed by atoms with Crippen LogP contribution in [0.15, 0.2) is 78.9 Å². The van der Waals surface area contributed by atoms with E-state index >= 15 is 0 Å². The molecule has 4 rings (SSSR count). The van der Waals surface area contributed by atoms with E-state index in [1.807, 2.05) is 48.5 Å². The molecule has 0 aliphatic carbocycles. The van der Waals surface area contributed by atoms with E-state index in [0.29, 0.717) is 36.3 Å². The van der Waals surface area contributed by atoms with E-state index in [-0.39, 0.29) is 19.6 Å². The molecule has 1 heterocycles. The fourth-order valence-corrected chi connectivity index (χ4v) is 5.63. The molecular weight excluding hydrogens is 450 g/mol. The second kappa shape index (κ2) is 10.6. The third-order valence-corrected chi connectivity index (χ3v) is 8.13. The maximum Gasteiger partial charge on any atom is 0.254 e. The number of hydrogen-bond acceptors (Lipinski definition) is 6. The maximum absolute atomic E-state index is 13.5. The summed E-state index contributed by atoms with van der Waals surface area (Å²) in [6, 6.07) is 24.2. The van der Waals surface area contributed by atoms with E-state index in [0.717, 1.165) is 11.1 Å². The van der Waals surface area contributed by atoms with Crippen LogP contribution in [0, 0.1) is 0 Å². The molecule has 0 aromatic heterocycles. The van der Waals surface area contributed by atoms with Gasteiger partial charge in [0.15, 0.2) is 0 Å². The summed E-state index contributed by atoms with van der Waals surface area (Å²) in [5, 5.41) is 13.7. The normalized spacial score (nSPS) is 18.6. The second-order valence-corrected chi connectivity index (χ2v) is 10.6. The fraction of sp³-hybridized carbons (Fsp3) is 0.308. The lowest BCUT2D eigenvalue weighted by atomic mass is 10.0. The predicted molar refractivity (Wildman–Crippen MR) is 134 cm³/mol. The van der Waals surface area contributed by atoms with Gasteiger partial charge in [-0.3, -0.25) is 0 Å². The van der Waals surface area contributed by atoms with Gasteiger partial charge in [-0.05, 0) is 47.7 Å². The van der Waals surface area contributed by atoms with Gasteiger partial charge in [0.05, 0.1) is 12.6 Å². The van der Waals surface area contributed by atoms with Crippen molar-refractivity contribution < 1.29 is 18.3 Å². The molecule has 0 bridgehead atoms. The van der Waals surface area contributed by atoms with Crippen LogP contribution in [0.3, 0.4) is 0 Å². The Morgan fingerprint density at radius 2 is 1.71 bits per heavy atom. The molecule has 0 spiro atoms. The molecule has 3 aromatic carbocycles. The van der Waals surface area contributed by atoms with E-state index in [4.69, 9.17) is 10.5 Å². The molecule has 2 unspecified atom stereocenters. The Kier molecular flexibility index (Phi) is 7.53. The first kappa shape index (κ1) is 24.2. The number of rotatable bonds is 10. The Morgan fingerprint density at radius 3 is 2.47 bits per heavy atom. The first-order valence-electron chi connectivity index (χ1n) is 11.4. The van der Waals surface area contributed by atoms with E-state index in [1.165, 1.54) is 0 Å². The first-order valence-corrected chi connectivity index (χ1v) is 12.9. The zero-order valence-corrected chi connectivity index (χ0v) is 19.8. The number of nitrogen functional groups attached to an aromatic ring is 1. The number of benzene rings is 3. The van der Waals surface area contributed by atoms with Crippen molar-refractivity contribution in [2.45, 2.75) is 30.3 Å². The number of aryl methyl sites for hydroxylation is 1. The van der Waals surface area contributed by atoms with E-state index in [2.05, 4.69) is 10.0 Å². The number of para-hydroxylation sites is 1. The second-order valence-electron chi connectivity index (χ2n) is 8.57. The monoisotopic (exact) mass is 481 g/mol. The van der Waals surface area contributed by atoms with Gasteiger partial charge in [0.25, 0.3) is 10.0 Å². The predicted octanol–water partition coefficient (Wildman–Crippen LogP) is 2.78. The summed E-state index contributed by atoms with van der Waals surface area (Å²) in [5.74, 6) is 0.572. The highest BCUT2D eigenvalue weighted by atomic mass is 32.2. The lowest BCUT2D eigenvalue weighted by Gasteiger charge is -2.38. The molecule has 1 aliphatic rings. The average Bonchev–Trinajstić information content (AvgIpc) is 2.85. The third kappa shape index (κ3) is 5.59. The van der Waals surface area contributed by atoms with Gasteiger partial charge in [0.1, 0.15) is 5.75 Å². The number of nitrogens with one attached hydrogen (secondary N) is 2. The maximum atomic E-state index is 13.5. The molecule has 180 valence electrons. The Morgan fingerprint density at radius 1 is 1.00 bits per heavy atom. The number of sulfonamides is 1. The van der Waals surface area contributed by atoms with Crippen molar-refractivity contribution in [2.75, 3.05) is 25.4 Å². The fourth-order valence-electron chi connectivity index (χ4n) is 4.14. The van der Waals surface area contributed by atoms with Gasteiger partial charge in [-0.15, -0.1) is 0 Å². The summed E-state index contributed by atoms with van der Waals surface area (Å²) in [7, 11) is -3.86. The molecule has 34 heavy (non-hydrogen) atoms. The van der Waals surface area contributed by atoms with Gasteiger partial charge in [0.2, 0.25) is 4.93 Å². The van der Waals surface area contributed by atoms with Crippen LogP contribution < -0.4 is 20.5 Å². The molecule has 8 heteroatoms. The van der Waals surface area contributed by atoms with Crippen molar-refractivity contribution in [3.8, 4) is 5.75 Å². The summed E-state index contributed by atoms with van der Waals surface area (Å²) < 4.78 is 36.0. The van der Waals surface area contributed by atoms with E-state index in [9.17, 15) is 13.5 Å². The zero-order valence-electron chi connectivity index (χ0n) is 19.0. The summed E-state index contributed by atoms with van der Waals surface area (Å²) in [4.78, 5) is -1.49. The summed E-state index contributed by atoms with van der Waals surface area (Å²) in [6.07, 6.45) is 0.658. The van der Waals surface area contributed by atoms with Gasteiger partial charge >= 0.3 is 0 Å². The number of hydrogen-bond donors (Lipinski definition) is 4. The van der Waals surface area contributed by atoms with Crippen molar-refractivity contribution in [3.05, 3.63) is 95.6 Å². The zero-order chi connectivity index (χ0) is 24.0. The SMILES string of the molecule is Nc1ccc(C(O)CNCC2(S(=O)(=O)NCCc3ccccc3)CCc3ccccc3O2)cc1. The summed E-state index contributed by atoms with van der Waals surface area (Å²) in [5.41, 5.74) is 9.08. The molecule has 0 saturated heterocycles. The van der Waals surface area contributed by atoms with Crippen molar-refractivity contribution in [1.82, 2.24) is 10.0 Å². The highest BCUT2D eigenvalue weighted by Gasteiger charge is 2.48. The van der Waals surface area contributed by atoms with Crippen LogP contribution in [-0.4, -0.2) is 38.1 Å². The Balaban J connectivity index is 1.47. The number of aliphatic hydroxyl groups is 1. The van der Waals surface area contributed by atoms with Crippen LogP contribution in [0.1, 0.15) is 29.2 Å². The molecule has 0 radical (unpaired) electrons. The number of fused-ring (bicyclic) bond motifs is 1. The van der Waals surface area contributed by atoms with E-state index < -0.39 is 21.1 Å². The lowest BCUT2D eigenvalue weighted by molar-refractivity contribution is 0.112. The first-order chi connectivity index (χ1) is 16.4. The topological polar surface area (TPSA) is 114 Å².